The Bertz CT molecular complexity index is 328. The van der Waals surface area contributed by atoms with Crippen molar-refractivity contribution in [3.63, 3.8) is 0 Å². The summed E-state index contributed by atoms with van der Waals surface area (Å²) in [6.07, 6.45) is 3.37. The van der Waals surface area contributed by atoms with Crippen molar-refractivity contribution in [1.82, 2.24) is 15.3 Å². The molecule has 0 amide bonds. The van der Waals surface area contributed by atoms with E-state index >= 15 is 0 Å². The summed E-state index contributed by atoms with van der Waals surface area (Å²) in [5.41, 5.74) is 0.919. The van der Waals surface area contributed by atoms with Crippen LogP contribution in [0.5, 0.6) is 5.88 Å². The first-order valence-electron chi connectivity index (χ1n) is 6.29. The lowest BCUT2D eigenvalue weighted by Gasteiger charge is -2.12. The van der Waals surface area contributed by atoms with Gasteiger partial charge in [-0.15, -0.1) is 0 Å². The molecule has 18 heavy (non-hydrogen) atoms. The van der Waals surface area contributed by atoms with Crippen LogP contribution < -0.4 is 10.1 Å². The molecule has 5 nitrogen and oxygen atoms in total. The Kier molecular flexibility index (Phi) is 6.60. The molecular formula is C13H23N3O2. The Hall–Kier alpha value is -1.20. The summed E-state index contributed by atoms with van der Waals surface area (Å²) in [6.45, 7) is 8.53. The van der Waals surface area contributed by atoms with Gasteiger partial charge in [-0.1, -0.05) is 13.8 Å². The van der Waals surface area contributed by atoms with Crippen molar-refractivity contribution in [1.29, 1.82) is 0 Å². The molecule has 1 aromatic rings. The van der Waals surface area contributed by atoms with Crippen molar-refractivity contribution in [2.24, 2.45) is 5.92 Å². The highest BCUT2D eigenvalue weighted by Gasteiger charge is 2.05. The van der Waals surface area contributed by atoms with E-state index in [-0.39, 0.29) is 6.10 Å². The first kappa shape index (κ1) is 14.9. The quantitative estimate of drug-likeness (QED) is 0.763. The average Bonchev–Trinajstić information content (AvgIpc) is 2.31. The zero-order valence-corrected chi connectivity index (χ0v) is 11.6. The molecule has 1 unspecified atom stereocenters. The number of methoxy groups -OCH3 is 1. The first-order valence-corrected chi connectivity index (χ1v) is 6.29. The molecule has 0 spiro atoms. The van der Waals surface area contributed by atoms with Gasteiger partial charge in [0.05, 0.1) is 24.7 Å². The Labute approximate surface area is 109 Å². The smallest absolute Gasteiger partial charge is 0.232 e. The van der Waals surface area contributed by atoms with Crippen LogP contribution in [-0.2, 0) is 11.3 Å². The lowest BCUT2D eigenvalue weighted by Crippen LogP contribution is -2.20. The molecule has 1 N–H and O–H groups in total. The summed E-state index contributed by atoms with van der Waals surface area (Å²) in [5, 5.41) is 3.32. The Morgan fingerprint density at radius 3 is 2.56 bits per heavy atom. The number of ether oxygens (including phenoxy) is 2. The predicted octanol–water partition coefficient (Wildman–Crippen LogP) is 1.64. The SMILES string of the molecule is COCC(C)Oc1cnc(CNCC(C)C)cn1. The van der Waals surface area contributed by atoms with Crippen molar-refractivity contribution < 1.29 is 9.47 Å². The fraction of sp³-hybridized carbons (Fsp3) is 0.692. The van der Waals surface area contributed by atoms with Gasteiger partial charge in [-0.25, -0.2) is 4.98 Å². The second kappa shape index (κ2) is 8.00. The van der Waals surface area contributed by atoms with Crippen LogP contribution in [0.15, 0.2) is 12.4 Å². The highest BCUT2D eigenvalue weighted by atomic mass is 16.5. The monoisotopic (exact) mass is 253 g/mol. The van der Waals surface area contributed by atoms with Crippen LogP contribution in [-0.4, -0.2) is 36.3 Å². The highest BCUT2D eigenvalue weighted by Crippen LogP contribution is 2.06. The third-order valence-corrected chi connectivity index (χ3v) is 2.26. The Balaban J connectivity index is 2.37. The lowest BCUT2D eigenvalue weighted by molar-refractivity contribution is 0.0886. The third kappa shape index (κ3) is 5.93. The predicted molar refractivity (Wildman–Crippen MR) is 70.5 cm³/mol. The largest absolute Gasteiger partial charge is 0.471 e. The van der Waals surface area contributed by atoms with Crippen LogP contribution in [0.3, 0.4) is 0 Å². The maximum Gasteiger partial charge on any atom is 0.232 e. The number of hydrogen-bond acceptors (Lipinski definition) is 5. The van der Waals surface area contributed by atoms with Crippen molar-refractivity contribution in [2.75, 3.05) is 20.3 Å². The highest BCUT2D eigenvalue weighted by molar-refractivity contribution is 5.07. The van der Waals surface area contributed by atoms with Gasteiger partial charge in [0.2, 0.25) is 5.88 Å². The summed E-state index contributed by atoms with van der Waals surface area (Å²) < 4.78 is 10.5. The maximum absolute atomic E-state index is 5.53. The molecule has 0 bridgehead atoms. The molecule has 102 valence electrons. The molecule has 0 aliphatic rings. The summed E-state index contributed by atoms with van der Waals surface area (Å²) in [5.74, 6) is 1.17. The van der Waals surface area contributed by atoms with E-state index < -0.39 is 0 Å². The van der Waals surface area contributed by atoms with Gasteiger partial charge in [-0.2, -0.15) is 0 Å². The van der Waals surface area contributed by atoms with Gasteiger partial charge in [0.15, 0.2) is 0 Å². The molecule has 0 aliphatic heterocycles. The molecule has 0 aliphatic carbocycles. The number of nitrogens with one attached hydrogen (secondary N) is 1. The van der Waals surface area contributed by atoms with Gasteiger partial charge >= 0.3 is 0 Å². The molecule has 1 heterocycles. The summed E-state index contributed by atoms with van der Waals surface area (Å²) in [4.78, 5) is 8.52. The molecule has 1 rings (SSSR count). The van der Waals surface area contributed by atoms with Crippen LogP contribution in [0.25, 0.3) is 0 Å². The second-order valence-corrected chi connectivity index (χ2v) is 4.75. The van der Waals surface area contributed by atoms with Gasteiger partial charge in [-0.3, -0.25) is 4.98 Å². The summed E-state index contributed by atoms with van der Waals surface area (Å²) in [7, 11) is 1.65. The van der Waals surface area contributed by atoms with Crippen LogP contribution in [0, 0.1) is 5.92 Å². The summed E-state index contributed by atoms with van der Waals surface area (Å²) in [6, 6.07) is 0. The molecule has 5 heteroatoms. The molecule has 0 saturated heterocycles. The van der Waals surface area contributed by atoms with Gasteiger partial charge in [0, 0.05) is 13.7 Å². The van der Waals surface area contributed by atoms with Crippen LogP contribution in [0.2, 0.25) is 0 Å². The number of aromatic nitrogens is 2. The van der Waals surface area contributed by atoms with E-state index in [2.05, 4.69) is 29.1 Å². The topological polar surface area (TPSA) is 56.3 Å². The third-order valence-electron chi connectivity index (χ3n) is 2.26. The van der Waals surface area contributed by atoms with E-state index in [1.807, 2.05) is 6.92 Å². The minimum atomic E-state index is -0.0192. The fourth-order valence-electron chi connectivity index (χ4n) is 1.46. The van der Waals surface area contributed by atoms with Crippen molar-refractivity contribution in [3.05, 3.63) is 18.1 Å². The van der Waals surface area contributed by atoms with E-state index in [9.17, 15) is 0 Å². The van der Waals surface area contributed by atoms with E-state index in [0.717, 1.165) is 18.8 Å². The van der Waals surface area contributed by atoms with Crippen molar-refractivity contribution >= 4 is 0 Å². The van der Waals surface area contributed by atoms with Crippen LogP contribution in [0.1, 0.15) is 26.5 Å². The van der Waals surface area contributed by atoms with E-state index in [0.29, 0.717) is 18.4 Å². The van der Waals surface area contributed by atoms with Gasteiger partial charge in [0.1, 0.15) is 6.10 Å². The maximum atomic E-state index is 5.53. The second-order valence-electron chi connectivity index (χ2n) is 4.75. The minimum absolute atomic E-state index is 0.0192. The lowest BCUT2D eigenvalue weighted by atomic mass is 10.2. The van der Waals surface area contributed by atoms with Crippen LogP contribution in [0.4, 0.5) is 0 Å². The van der Waals surface area contributed by atoms with E-state index in [1.165, 1.54) is 0 Å². The Morgan fingerprint density at radius 1 is 1.22 bits per heavy atom. The van der Waals surface area contributed by atoms with Gasteiger partial charge in [-0.05, 0) is 19.4 Å². The fourth-order valence-corrected chi connectivity index (χ4v) is 1.46. The normalized spacial score (nSPS) is 12.7. The van der Waals surface area contributed by atoms with E-state index in [4.69, 9.17) is 9.47 Å². The molecule has 1 atom stereocenters. The molecule has 0 fully saturated rings. The molecule has 0 aromatic carbocycles. The molecular weight excluding hydrogens is 230 g/mol. The minimum Gasteiger partial charge on any atom is -0.471 e. The van der Waals surface area contributed by atoms with Crippen molar-refractivity contribution in [2.45, 2.75) is 33.4 Å². The van der Waals surface area contributed by atoms with Gasteiger partial charge in [0.25, 0.3) is 0 Å². The van der Waals surface area contributed by atoms with Crippen LogP contribution >= 0.6 is 0 Å². The summed E-state index contributed by atoms with van der Waals surface area (Å²) >= 11 is 0. The number of nitrogens with zero attached hydrogens (tertiary/aromatic N) is 2. The zero-order chi connectivity index (χ0) is 13.4. The average molecular weight is 253 g/mol. The number of rotatable bonds is 8. The van der Waals surface area contributed by atoms with E-state index in [1.54, 1.807) is 19.5 Å². The zero-order valence-electron chi connectivity index (χ0n) is 11.6. The molecule has 0 radical (unpaired) electrons. The first-order chi connectivity index (χ1) is 8.61. The van der Waals surface area contributed by atoms with Gasteiger partial charge < -0.3 is 14.8 Å². The standard InChI is InChI=1S/C13H23N3O2/c1-10(2)5-14-6-12-7-16-13(8-15-12)18-11(3)9-17-4/h7-8,10-11,14H,5-6,9H2,1-4H3. The molecule has 1 aromatic heterocycles. The Morgan fingerprint density at radius 2 is 2.00 bits per heavy atom. The van der Waals surface area contributed by atoms with Crippen molar-refractivity contribution in [3.8, 4) is 5.88 Å². The molecule has 0 saturated carbocycles. The number of hydrogen-bond donors (Lipinski definition) is 1.